The smallest absolute Gasteiger partial charge is 0.459 e. The molecule has 236 valence electrons. The van der Waals surface area contributed by atoms with Crippen molar-refractivity contribution < 1.29 is 42.5 Å². The lowest BCUT2D eigenvalue weighted by Crippen LogP contribution is -2.49. The van der Waals surface area contributed by atoms with Crippen LogP contribution in [0.15, 0.2) is 54.7 Å². The molecular formula is C29H36N5O9P. The third-order valence-electron chi connectivity index (χ3n) is 6.70. The fourth-order valence-corrected chi connectivity index (χ4v) is 6.01. The van der Waals surface area contributed by atoms with E-state index in [2.05, 4.69) is 10.2 Å². The Bertz CT molecular complexity index is 1570. The van der Waals surface area contributed by atoms with Gasteiger partial charge in [0, 0.05) is 6.20 Å². The third-order valence-corrected chi connectivity index (χ3v) is 8.33. The van der Waals surface area contributed by atoms with E-state index in [0.29, 0.717) is 16.9 Å². The Morgan fingerprint density at radius 3 is 2.50 bits per heavy atom. The van der Waals surface area contributed by atoms with Gasteiger partial charge in [-0.2, -0.15) is 15.4 Å². The van der Waals surface area contributed by atoms with Crippen molar-refractivity contribution in [1.82, 2.24) is 14.7 Å². The Hall–Kier alpha value is -3.99. The molecule has 0 saturated carbocycles. The summed E-state index contributed by atoms with van der Waals surface area (Å²) in [6, 6.07) is 13.7. The summed E-state index contributed by atoms with van der Waals surface area (Å²) in [5.74, 6) is -1.92. The second-order valence-corrected chi connectivity index (χ2v) is 12.6. The molecule has 1 aliphatic rings. The number of nitrogens with zero attached hydrogens (tertiary/aromatic N) is 3. The van der Waals surface area contributed by atoms with Gasteiger partial charge < -0.3 is 29.6 Å². The lowest BCUT2D eigenvalue weighted by molar-refractivity contribution is -0.164. The number of hydrogen-bond donors (Lipinski definition) is 3. The number of nitrogens with two attached hydrogens (primary N) is 1. The number of anilines is 1. The van der Waals surface area contributed by atoms with Crippen LogP contribution in [0.5, 0.6) is 5.75 Å². The second-order valence-electron chi connectivity index (χ2n) is 10.9. The zero-order valence-electron chi connectivity index (χ0n) is 24.9. The number of nitriles is 1. The summed E-state index contributed by atoms with van der Waals surface area (Å²) in [4.78, 5) is 25.3. The molecule has 1 aliphatic heterocycles. The summed E-state index contributed by atoms with van der Waals surface area (Å²) in [6.45, 7) is 7.09. The van der Waals surface area contributed by atoms with Crippen LogP contribution in [0, 0.1) is 17.2 Å². The summed E-state index contributed by atoms with van der Waals surface area (Å²) >= 11 is 0. The SMILES string of the molecule is CC(C)OC(=O)[C@H](C)N[P@](=O)(OC[C@@]1(C#N)O[C@@H](c2ccc3c(N)ccnn23)[C@H](O)[C@@H]1OC(=O)C(C)C)Oc1ccccc1. The molecule has 0 aliphatic carbocycles. The minimum atomic E-state index is -4.47. The van der Waals surface area contributed by atoms with Crippen molar-refractivity contribution in [3.05, 3.63) is 60.4 Å². The highest BCUT2D eigenvalue weighted by Gasteiger charge is 2.60. The number of nitrogens with one attached hydrogen (secondary N) is 1. The van der Waals surface area contributed by atoms with E-state index in [1.165, 1.54) is 29.8 Å². The van der Waals surface area contributed by atoms with Gasteiger partial charge in [-0.25, -0.2) is 9.08 Å². The summed E-state index contributed by atoms with van der Waals surface area (Å²) in [6.07, 6.45) is -3.40. The highest BCUT2D eigenvalue weighted by atomic mass is 31.2. The number of aliphatic hydroxyl groups is 1. The Morgan fingerprint density at radius 2 is 1.86 bits per heavy atom. The number of para-hydroxylation sites is 1. The summed E-state index contributed by atoms with van der Waals surface area (Å²) in [5, 5.41) is 28.7. The second kappa shape index (κ2) is 13.3. The predicted molar refractivity (Wildman–Crippen MR) is 157 cm³/mol. The number of aliphatic hydroxyl groups excluding tert-OH is 1. The molecule has 0 unspecified atom stereocenters. The van der Waals surface area contributed by atoms with Gasteiger partial charge in [0.1, 0.15) is 36.7 Å². The normalized spacial score (nSPS) is 23.7. The maximum Gasteiger partial charge on any atom is 0.459 e. The van der Waals surface area contributed by atoms with E-state index < -0.39 is 68.3 Å². The molecule has 14 nitrogen and oxygen atoms in total. The molecule has 6 atom stereocenters. The fourth-order valence-electron chi connectivity index (χ4n) is 4.49. The maximum atomic E-state index is 14.1. The molecule has 1 aromatic carbocycles. The first kappa shape index (κ1) is 32.9. The van der Waals surface area contributed by atoms with Gasteiger partial charge in [0.05, 0.1) is 28.9 Å². The first-order chi connectivity index (χ1) is 20.8. The molecule has 0 amide bonds. The average Bonchev–Trinajstić information content (AvgIpc) is 3.52. The Kier molecular flexibility index (Phi) is 9.98. The largest absolute Gasteiger partial charge is 0.462 e. The van der Waals surface area contributed by atoms with Crippen molar-refractivity contribution in [2.24, 2.45) is 5.92 Å². The molecule has 3 heterocycles. The number of benzene rings is 1. The Labute approximate surface area is 254 Å². The number of fused-ring (bicyclic) bond motifs is 1. The number of rotatable bonds is 12. The lowest BCUT2D eigenvalue weighted by Gasteiger charge is -2.30. The van der Waals surface area contributed by atoms with Crippen molar-refractivity contribution in [1.29, 1.82) is 5.26 Å². The number of ether oxygens (including phenoxy) is 3. The van der Waals surface area contributed by atoms with Gasteiger partial charge in [0.2, 0.25) is 5.60 Å². The van der Waals surface area contributed by atoms with Crippen LogP contribution >= 0.6 is 7.75 Å². The van der Waals surface area contributed by atoms with Gasteiger partial charge in [-0.15, -0.1) is 0 Å². The summed E-state index contributed by atoms with van der Waals surface area (Å²) in [5.41, 5.74) is 5.13. The van der Waals surface area contributed by atoms with Crippen molar-refractivity contribution in [3.63, 3.8) is 0 Å². The molecule has 1 saturated heterocycles. The van der Waals surface area contributed by atoms with Crippen molar-refractivity contribution in [3.8, 4) is 11.8 Å². The molecule has 3 aromatic rings. The van der Waals surface area contributed by atoms with Crippen LogP contribution in [0.1, 0.15) is 46.4 Å². The van der Waals surface area contributed by atoms with Crippen molar-refractivity contribution >= 4 is 30.9 Å². The third kappa shape index (κ3) is 7.04. The Morgan fingerprint density at radius 1 is 1.16 bits per heavy atom. The highest BCUT2D eigenvalue weighted by Crippen LogP contribution is 2.49. The van der Waals surface area contributed by atoms with Crippen molar-refractivity contribution in [2.75, 3.05) is 12.3 Å². The molecule has 15 heteroatoms. The quantitative estimate of drug-likeness (QED) is 0.195. The lowest BCUT2D eigenvalue weighted by atomic mass is 9.95. The van der Waals surface area contributed by atoms with Crippen LogP contribution in [0.25, 0.3) is 5.52 Å². The number of hydrogen-bond acceptors (Lipinski definition) is 12. The topological polar surface area (TPSA) is 197 Å². The van der Waals surface area contributed by atoms with Crippen LogP contribution in [0.3, 0.4) is 0 Å². The molecule has 44 heavy (non-hydrogen) atoms. The molecular weight excluding hydrogens is 593 g/mol. The monoisotopic (exact) mass is 629 g/mol. The standard InChI is InChI=1S/C29H36N5O9P/c1-17(2)27(36)41-26-24(35)25(23-12-11-22-21(31)13-14-32-34(22)23)42-29(26,15-30)16-39-44(38,43-20-9-7-6-8-10-20)33-19(5)28(37)40-18(3)4/h6-14,17-19,24-26,35H,16,31H2,1-5H3,(H,33,38)/t19-,24-,25-,26-,29+,44-/m0/s1. The van der Waals surface area contributed by atoms with E-state index in [0.717, 1.165) is 0 Å². The van der Waals surface area contributed by atoms with Crippen molar-refractivity contribution in [2.45, 2.75) is 70.7 Å². The van der Waals surface area contributed by atoms with E-state index in [-0.39, 0.29) is 5.75 Å². The number of aromatic nitrogens is 2. The van der Waals surface area contributed by atoms with Gasteiger partial charge >= 0.3 is 19.7 Å². The zero-order chi connectivity index (χ0) is 32.2. The number of esters is 2. The fraction of sp³-hybridized carbons (Fsp3) is 0.448. The summed E-state index contributed by atoms with van der Waals surface area (Å²) < 4.78 is 43.9. The molecule has 0 spiro atoms. The average molecular weight is 630 g/mol. The Balaban J connectivity index is 1.69. The van der Waals surface area contributed by atoms with E-state index in [1.807, 2.05) is 6.07 Å². The maximum absolute atomic E-state index is 14.1. The minimum Gasteiger partial charge on any atom is -0.462 e. The van der Waals surface area contributed by atoms with E-state index in [4.69, 9.17) is 29.0 Å². The molecule has 4 rings (SSSR count). The van der Waals surface area contributed by atoms with Crippen LogP contribution in [-0.4, -0.2) is 63.2 Å². The molecule has 0 bridgehead atoms. The molecule has 0 radical (unpaired) electrons. The predicted octanol–water partition coefficient (Wildman–Crippen LogP) is 3.31. The minimum absolute atomic E-state index is 0.134. The van der Waals surface area contributed by atoms with Crippen LogP contribution in [-0.2, 0) is 32.9 Å². The van der Waals surface area contributed by atoms with Crippen LogP contribution in [0.4, 0.5) is 5.69 Å². The van der Waals surface area contributed by atoms with E-state index >= 15 is 0 Å². The summed E-state index contributed by atoms with van der Waals surface area (Å²) in [7, 11) is -4.47. The van der Waals surface area contributed by atoms with Gasteiger partial charge in [-0.05, 0) is 51.1 Å². The van der Waals surface area contributed by atoms with Gasteiger partial charge in [0.15, 0.2) is 6.10 Å². The molecule has 1 fully saturated rings. The van der Waals surface area contributed by atoms with Gasteiger partial charge in [-0.3, -0.25) is 14.1 Å². The number of carbonyl (C=O) groups excluding carboxylic acids is 2. The van der Waals surface area contributed by atoms with Gasteiger partial charge in [0.25, 0.3) is 0 Å². The first-order valence-electron chi connectivity index (χ1n) is 14.0. The molecule has 2 aromatic heterocycles. The van der Waals surface area contributed by atoms with E-state index in [9.17, 15) is 24.5 Å². The van der Waals surface area contributed by atoms with Crippen LogP contribution in [0.2, 0.25) is 0 Å². The van der Waals surface area contributed by atoms with Crippen LogP contribution < -0.4 is 15.3 Å². The first-order valence-corrected chi connectivity index (χ1v) is 15.5. The highest BCUT2D eigenvalue weighted by molar-refractivity contribution is 7.52. The van der Waals surface area contributed by atoms with E-state index in [1.54, 1.807) is 64.1 Å². The number of carbonyl (C=O) groups is 2. The van der Waals surface area contributed by atoms with Gasteiger partial charge in [-0.1, -0.05) is 32.0 Å². The molecule has 4 N–H and O–H groups in total. The zero-order valence-corrected chi connectivity index (χ0v) is 25.8. The number of nitrogen functional groups attached to an aromatic ring is 1.